The summed E-state index contributed by atoms with van der Waals surface area (Å²) in [5.41, 5.74) is 0. The van der Waals surface area contributed by atoms with Crippen LogP contribution in [0.1, 0.15) is 67.1 Å². The fraction of sp³-hybridized carbons (Fsp3) is 0.917. The van der Waals surface area contributed by atoms with Gasteiger partial charge in [-0.3, -0.25) is 14.9 Å². The van der Waals surface area contributed by atoms with Crippen LogP contribution in [0.25, 0.3) is 0 Å². The van der Waals surface area contributed by atoms with Crippen molar-refractivity contribution in [2.45, 2.75) is 70.3 Å². The van der Waals surface area contributed by atoms with Crippen molar-refractivity contribution in [3.63, 3.8) is 0 Å². The number of nitrogens with zero attached hydrogens (tertiary/aromatic N) is 1. The molecule has 0 amide bonds. The first-order chi connectivity index (χ1) is 7.72. The van der Waals surface area contributed by atoms with E-state index in [1.807, 2.05) is 0 Å². The molecule has 1 unspecified atom stereocenters. The van der Waals surface area contributed by atoms with Crippen molar-refractivity contribution in [3.05, 3.63) is 10.1 Å². The van der Waals surface area contributed by atoms with Crippen LogP contribution in [0.2, 0.25) is 0 Å². The maximum Gasteiger partial charge on any atom is 2.00 e. The average molecular weight is 317 g/mol. The molecular formula is C12H23NO3Sr. The van der Waals surface area contributed by atoms with E-state index in [-0.39, 0.29) is 54.1 Å². The Bertz CT molecular complexity index is 255. The Hall–Kier alpha value is 0.551. The van der Waals surface area contributed by atoms with Crippen molar-refractivity contribution in [2.24, 2.45) is 0 Å². The fourth-order valence-electron chi connectivity index (χ4n) is 2.25. The molecule has 17 heavy (non-hydrogen) atoms. The number of Topliss-reactive ketones (excluding diaryl/α,β-unsaturated/α-hetero) is 1. The summed E-state index contributed by atoms with van der Waals surface area (Å²) in [6.07, 6.45) is 9.32. The van der Waals surface area contributed by atoms with E-state index in [2.05, 4.69) is 0 Å². The van der Waals surface area contributed by atoms with Gasteiger partial charge in [0.05, 0.1) is 0 Å². The van der Waals surface area contributed by atoms with Crippen LogP contribution in [-0.2, 0) is 4.79 Å². The first kappa shape index (κ1) is 17.6. The molecule has 1 aliphatic carbocycles. The van der Waals surface area contributed by atoms with Crippen LogP contribution in [-0.4, -0.2) is 62.2 Å². The predicted octanol–water partition coefficient (Wildman–Crippen LogP) is 2.96. The molecule has 0 aromatic rings. The third kappa shape index (κ3) is 7.54. The van der Waals surface area contributed by atoms with Crippen LogP contribution in [0, 0.1) is 10.1 Å². The summed E-state index contributed by atoms with van der Waals surface area (Å²) in [5.74, 6) is -0.162. The molecule has 0 N–H and O–H groups in total. The minimum absolute atomic E-state index is 0. The van der Waals surface area contributed by atoms with E-state index in [0.717, 1.165) is 38.5 Å². The van der Waals surface area contributed by atoms with Gasteiger partial charge in [0.2, 0.25) is 5.78 Å². The van der Waals surface area contributed by atoms with Gasteiger partial charge in [-0.05, 0) is 12.8 Å². The smallest absolute Gasteiger partial charge is 1.00 e. The van der Waals surface area contributed by atoms with E-state index < -0.39 is 11.0 Å². The molecule has 0 radical (unpaired) electrons. The van der Waals surface area contributed by atoms with Crippen LogP contribution in [0.15, 0.2) is 0 Å². The second kappa shape index (κ2) is 10.5. The first-order valence-corrected chi connectivity index (χ1v) is 6.38. The Morgan fingerprint density at radius 3 is 2.00 bits per heavy atom. The Balaban J connectivity index is -0.000000853. The van der Waals surface area contributed by atoms with Crippen LogP contribution >= 0.6 is 0 Å². The van der Waals surface area contributed by atoms with Crippen molar-refractivity contribution in [2.75, 3.05) is 0 Å². The zero-order chi connectivity index (χ0) is 11.8. The van der Waals surface area contributed by atoms with Crippen LogP contribution in [0.4, 0.5) is 0 Å². The van der Waals surface area contributed by atoms with E-state index in [9.17, 15) is 14.9 Å². The van der Waals surface area contributed by atoms with Crippen molar-refractivity contribution in [1.29, 1.82) is 0 Å². The second-order valence-corrected chi connectivity index (χ2v) is 4.63. The van der Waals surface area contributed by atoms with E-state index in [1.54, 1.807) is 0 Å². The summed E-state index contributed by atoms with van der Waals surface area (Å²) in [6.45, 7) is 0. The van der Waals surface area contributed by atoms with Crippen LogP contribution in [0.3, 0.4) is 0 Å². The van der Waals surface area contributed by atoms with Gasteiger partial charge >= 0.3 is 45.5 Å². The molecule has 0 spiro atoms. The summed E-state index contributed by atoms with van der Waals surface area (Å²) < 4.78 is 0. The van der Waals surface area contributed by atoms with Gasteiger partial charge in [0.25, 0.3) is 6.04 Å². The van der Waals surface area contributed by atoms with Crippen molar-refractivity contribution >= 4 is 51.3 Å². The Morgan fingerprint density at radius 2 is 1.47 bits per heavy atom. The molecule has 1 fully saturated rings. The summed E-state index contributed by atoms with van der Waals surface area (Å²) in [5, 5.41) is 10.8. The maximum absolute atomic E-state index is 11.6. The van der Waals surface area contributed by atoms with E-state index in [0.29, 0.717) is 12.8 Å². The number of carbonyl (C=O) groups excluding carboxylic acids is 1. The van der Waals surface area contributed by atoms with Crippen molar-refractivity contribution < 1.29 is 12.6 Å². The predicted molar refractivity (Wildman–Crippen MR) is 69.9 cm³/mol. The standard InChI is InChI=1S/C12H21NO3.Sr.2H/c14-12-10-8-6-4-2-1-3-5-7-9-11(12)13(15)16;;;/h11H,1-10H2;;;/q;+2;2*-1. The van der Waals surface area contributed by atoms with Gasteiger partial charge in [0.1, 0.15) is 0 Å². The molecule has 96 valence electrons. The molecule has 4 nitrogen and oxygen atoms in total. The van der Waals surface area contributed by atoms with E-state index in [1.165, 1.54) is 12.8 Å². The minimum atomic E-state index is -0.931. The molecule has 5 heteroatoms. The molecule has 0 heterocycles. The zero-order valence-corrected chi connectivity index (χ0v) is 14.0. The second-order valence-electron chi connectivity index (χ2n) is 4.63. The van der Waals surface area contributed by atoms with Gasteiger partial charge in [0.15, 0.2) is 0 Å². The summed E-state index contributed by atoms with van der Waals surface area (Å²) >= 11 is 0. The number of hydrogen-bond acceptors (Lipinski definition) is 3. The monoisotopic (exact) mass is 317 g/mol. The molecule has 1 saturated carbocycles. The quantitative estimate of drug-likeness (QED) is 0.424. The molecule has 0 aromatic carbocycles. The summed E-state index contributed by atoms with van der Waals surface area (Å²) in [4.78, 5) is 22.0. The minimum Gasteiger partial charge on any atom is -1.00 e. The summed E-state index contributed by atoms with van der Waals surface area (Å²) in [7, 11) is 0. The number of ketones is 1. The Labute approximate surface area is 143 Å². The number of hydrogen-bond donors (Lipinski definition) is 0. The fourth-order valence-corrected chi connectivity index (χ4v) is 2.25. The van der Waals surface area contributed by atoms with E-state index >= 15 is 0 Å². The SMILES string of the molecule is O=C1CCCCCCCCCCC1[N+](=O)[O-].[H-].[H-].[Sr+2]. The van der Waals surface area contributed by atoms with Gasteiger partial charge in [-0.15, -0.1) is 0 Å². The molecule has 0 bridgehead atoms. The third-order valence-corrected chi connectivity index (χ3v) is 3.28. The Kier molecular flexibility index (Phi) is 10.8. The molecule has 1 aliphatic rings. The number of nitro groups is 1. The van der Waals surface area contributed by atoms with Gasteiger partial charge in [-0.2, -0.15) is 0 Å². The summed E-state index contributed by atoms with van der Waals surface area (Å²) in [6, 6.07) is -0.931. The normalized spacial score (nSPS) is 24.0. The molecule has 0 saturated heterocycles. The number of rotatable bonds is 1. The topological polar surface area (TPSA) is 60.2 Å². The first-order valence-electron chi connectivity index (χ1n) is 6.38. The largest absolute Gasteiger partial charge is 2.00 e. The van der Waals surface area contributed by atoms with Gasteiger partial charge in [-0.1, -0.05) is 38.5 Å². The maximum atomic E-state index is 11.6. The number of carbonyl (C=O) groups is 1. The third-order valence-electron chi connectivity index (χ3n) is 3.28. The average Bonchev–Trinajstić information content (AvgIpc) is 2.22. The molecular weight excluding hydrogens is 294 g/mol. The van der Waals surface area contributed by atoms with Crippen LogP contribution < -0.4 is 0 Å². The van der Waals surface area contributed by atoms with Gasteiger partial charge in [-0.25, -0.2) is 0 Å². The van der Waals surface area contributed by atoms with Crippen LogP contribution in [0.5, 0.6) is 0 Å². The molecule has 0 aromatic heterocycles. The van der Waals surface area contributed by atoms with Crippen molar-refractivity contribution in [1.82, 2.24) is 0 Å². The zero-order valence-electron chi connectivity index (χ0n) is 12.5. The molecule has 0 aliphatic heterocycles. The Morgan fingerprint density at radius 1 is 1.00 bits per heavy atom. The molecule has 1 atom stereocenters. The van der Waals surface area contributed by atoms with Crippen molar-refractivity contribution in [3.8, 4) is 0 Å². The van der Waals surface area contributed by atoms with Gasteiger partial charge < -0.3 is 2.85 Å². The van der Waals surface area contributed by atoms with E-state index in [4.69, 9.17) is 0 Å². The van der Waals surface area contributed by atoms with Gasteiger partial charge in [0, 0.05) is 17.8 Å². The molecule has 1 rings (SSSR count).